The van der Waals surface area contributed by atoms with Gasteiger partial charge >= 0.3 is 0 Å². The van der Waals surface area contributed by atoms with Crippen LogP contribution >= 0.6 is 11.6 Å². The van der Waals surface area contributed by atoms with E-state index in [4.69, 9.17) is 21.1 Å². The van der Waals surface area contributed by atoms with Crippen LogP contribution < -0.4 is 5.32 Å². The first kappa shape index (κ1) is 18.8. The summed E-state index contributed by atoms with van der Waals surface area (Å²) >= 11 is 5.99. The molecule has 0 saturated carbocycles. The molecule has 3 atom stereocenters. The van der Waals surface area contributed by atoms with Gasteiger partial charge in [0.05, 0.1) is 0 Å². The van der Waals surface area contributed by atoms with Crippen LogP contribution in [0.3, 0.4) is 0 Å². The van der Waals surface area contributed by atoms with Gasteiger partial charge in [0.25, 0.3) is 5.91 Å². The fourth-order valence-corrected chi connectivity index (χ4v) is 3.08. The minimum absolute atomic E-state index is 0.00619. The Morgan fingerprint density at radius 3 is 2.67 bits per heavy atom. The molecule has 24 heavy (non-hydrogen) atoms. The van der Waals surface area contributed by atoms with Crippen LogP contribution in [0, 0.1) is 5.92 Å². The van der Waals surface area contributed by atoms with Gasteiger partial charge in [0, 0.05) is 37.1 Å². The number of aliphatic hydroxyl groups excluding tert-OH is 1. The molecule has 0 aromatic heterocycles. The summed E-state index contributed by atoms with van der Waals surface area (Å²) in [6.07, 6.45) is 2.68. The van der Waals surface area contributed by atoms with Crippen LogP contribution in [-0.2, 0) is 14.3 Å². The molecule has 0 bridgehead atoms. The zero-order chi connectivity index (χ0) is 17.5. The van der Waals surface area contributed by atoms with Gasteiger partial charge in [-0.1, -0.05) is 23.7 Å². The number of ether oxygens (including phenoxy) is 2. The van der Waals surface area contributed by atoms with Crippen molar-refractivity contribution >= 4 is 17.5 Å². The topological polar surface area (TPSA) is 67.8 Å². The highest BCUT2D eigenvalue weighted by atomic mass is 35.5. The van der Waals surface area contributed by atoms with Crippen molar-refractivity contribution in [3.05, 3.63) is 46.7 Å². The van der Waals surface area contributed by atoms with Crippen molar-refractivity contribution in [3.8, 4) is 0 Å². The van der Waals surface area contributed by atoms with Gasteiger partial charge in [-0.25, -0.2) is 0 Å². The third-order valence-electron chi connectivity index (χ3n) is 4.12. The Morgan fingerprint density at radius 1 is 1.38 bits per heavy atom. The van der Waals surface area contributed by atoms with Gasteiger partial charge in [-0.05, 0) is 43.5 Å². The summed E-state index contributed by atoms with van der Waals surface area (Å²) in [6, 6.07) is 7.56. The van der Waals surface area contributed by atoms with Crippen molar-refractivity contribution in [2.75, 3.05) is 20.3 Å². The Bertz CT molecular complexity index is 573. The van der Waals surface area contributed by atoms with E-state index in [1.54, 1.807) is 7.05 Å². The Hall–Kier alpha value is -1.56. The molecule has 1 aromatic carbocycles. The van der Waals surface area contributed by atoms with Crippen molar-refractivity contribution < 1.29 is 19.4 Å². The molecule has 5 nitrogen and oxygen atoms in total. The van der Waals surface area contributed by atoms with E-state index in [9.17, 15) is 9.90 Å². The summed E-state index contributed by atoms with van der Waals surface area (Å²) in [6.45, 7) is 2.48. The maximum Gasteiger partial charge on any atom is 0.285 e. The summed E-state index contributed by atoms with van der Waals surface area (Å²) in [7, 11) is 1.57. The first-order chi connectivity index (χ1) is 11.6. The molecule has 1 heterocycles. The molecule has 2 rings (SSSR count). The molecule has 6 heteroatoms. The second-order valence-corrected chi connectivity index (χ2v) is 6.10. The smallest absolute Gasteiger partial charge is 0.285 e. The molecule has 0 fully saturated rings. The van der Waals surface area contributed by atoms with E-state index in [0.717, 1.165) is 12.0 Å². The zero-order valence-corrected chi connectivity index (χ0v) is 14.8. The van der Waals surface area contributed by atoms with Gasteiger partial charge in [0.2, 0.25) is 6.29 Å². The van der Waals surface area contributed by atoms with Crippen LogP contribution in [0.1, 0.15) is 31.2 Å². The first-order valence-corrected chi connectivity index (χ1v) is 8.57. The van der Waals surface area contributed by atoms with Gasteiger partial charge in [-0.15, -0.1) is 0 Å². The highest BCUT2D eigenvalue weighted by Crippen LogP contribution is 2.39. The third-order valence-corrected chi connectivity index (χ3v) is 4.37. The predicted octanol–water partition coefficient (Wildman–Crippen LogP) is 2.84. The van der Waals surface area contributed by atoms with E-state index in [1.807, 2.05) is 37.3 Å². The molecule has 0 radical (unpaired) electrons. The molecule has 1 aliphatic rings. The van der Waals surface area contributed by atoms with Crippen LogP contribution in [0.25, 0.3) is 0 Å². The number of benzene rings is 1. The maximum absolute atomic E-state index is 12.0. The Kier molecular flexibility index (Phi) is 7.09. The van der Waals surface area contributed by atoms with Gasteiger partial charge < -0.3 is 19.9 Å². The lowest BCUT2D eigenvalue weighted by atomic mass is 9.80. The van der Waals surface area contributed by atoms with E-state index in [-0.39, 0.29) is 30.1 Å². The second kappa shape index (κ2) is 9.06. The van der Waals surface area contributed by atoms with Crippen molar-refractivity contribution in [1.29, 1.82) is 0 Å². The van der Waals surface area contributed by atoms with Crippen LogP contribution in [0.2, 0.25) is 5.02 Å². The molecule has 2 N–H and O–H groups in total. The predicted molar refractivity (Wildman–Crippen MR) is 92.7 cm³/mol. The number of likely N-dealkylation sites (N-methyl/N-ethyl adjacent to an activating group) is 1. The highest BCUT2D eigenvalue weighted by molar-refractivity contribution is 6.30. The molecule has 1 aliphatic heterocycles. The minimum atomic E-state index is -0.528. The largest absolute Gasteiger partial charge is 0.459 e. The SMILES string of the molecule is CCO[C@H]1OC(C(=O)NC)=C[C@@H](c2ccc(Cl)cc2)[C@@H]1CCCO. The molecule has 1 amide bonds. The van der Waals surface area contributed by atoms with E-state index in [2.05, 4.69) is 5.32 Å². The molecule has 132 valence electrons. The normalized spacial score (nSPS) is 23.3. The summed E-state index contributed by atoms with van der Waals surface area (Å²) in [5.41, 5.74) is 1.04. The molecule has 0 saturated heterocycles. The van der Waals surface area contributed by atoms with Crippen LogP contribution in [-0.4, -0.2) is 37.6 Å². The Labute approximate surface area is 147 Å². The summed E-state index contributed by atoms with van der Waals surface area (Å²) < 4.78 is 11.5. The number of rotatable bonds is 7. The van der Waals surface area contributed by atoms with Gasteiger partial charge in [0.15, 0.2) is 5.76 Å². The number of hydrogen-bond donors (Lipinski definition) is 2. The van der Waals surface area contributed by atoms with Gasteiger partial charge in [-0.2, -0.15) is 0 Å². The standard InChI is InChI=1S/C18H24ClNO4/c1-3-23-18-14(5-4-10-21)15(11-16(24-18)17(22)20-2)12-6-8-13(19)9-7-12/h6-9,11,14-15,18,21H,3-5,10H2,1-2H3,(H,20,22)/t14-,15-,18-/m0/s1. The molecule has 0 unspecified atom stereocenters. The average Bonchev–Trinajstić information content (AvgIpc) is 2.60. The van der Waals surface area contributed by atoms with Crippen molar-refractivity contribution in [1.82, 2.24) is 5.32 Å². The van der Waals surface area contributed by atoms with Gasteiger partial charge in [0.1, 0.15) is 0 Å². The Morgan fingerprint density at radius 2 is 2.08 bits per heavy atom. The average molecular weight is 354 g/mol. The summed E-state index contributed by atoms with van der Waals surface area (Å²) in [5.74, 6) is -0.0616. The van der Waals surface area contributed by atoms with Crippen molar-refractivity contribution in [2.24, 2.45) is 5.92 Å². The maximum atomic E-state index is 12.0. The number of aliphatic hydroxyl groups is 1. The quantitative estimate of drug-likeness (QED) is 0.791. The molecule has 0 spiro atoms. The van der Waals surface area contributed by atoms with Crippen molar-refractivity contribution in [2.45, 2.75) is 32.0 Å². The van der Waals surface area contributed by atoms with E-state index >= 15 is 0 Å². The fraction of sp³-hybridized carbons (Fsp3) is 0.500. The summed E-state index contributed by atoms with van der Waals surface area (Å²) in [4.78, 5) is 12.0. The van der Waals surface area contributed by atoms with E-state index in [0.29, 0.717) is 18.1 Å². The Balaban J connectivity index is 2.39. The number of nitrogens with one attached hydrogen (secondary N) is 1. The summed E-state index contributed by atoms with van der Waals surface area (Å²) in [5, 5.41) is 12.5. The number of amides is 1. The number of allylic oxidation sites excluding steroid dienone is 1. The first-order valence-electron chi connectivity index (χ1n) is 8.19. The number of halogens is 1. The second-order valence-electron chi connectivity index (χ2n) is 5.66. The van der Waals surface area contributed by atoms with Crippen LogP contribution in [0.15, 0.2) is 36.1 Å². The fourth-order valence-electron chi connectivity index (χ4n) is 2.95. The number of hydrogen-bond acceptors (Lipinski definition) is 4. The number of carbonyl (C=O) groups excluding carboxylic acids is 1. The highest BCUT2D eigenvalue weighted by Gasteiger charge is 2.37. The lowest BCUT2D eigenvalue weighted by Gasteiger charge is -2.37. The van der Waals surface area contributed by atoms with E-state index in [1.165, 1.54) is 0 Å². The monoisotopic (exact) mass is 353 g/mol. The van der Waals surface area contributed by atoms with E-state index < -0.39 is 6.29 Å². The molecular formula is C18H24ClNO4. The third kappa shape index (κ3) is 4.50. The molecular weight excluding hydrogens is 330 g/mol. The van der Waals surface area contributed by atoms with Crippen LogP contribution in [0.5, 0.6) is 0 Å². The van der Waals surface area contributed by atoms with Gasteiger partial charge in [-0.3, -0.25) is 4.79 Å². The zero-order valence-electron chi connectivity index (χ0n) is 14.0. The lowest BCUT2D eigenvalue weighted by molar-refractivity contribution is -0.166. The number of carbonyl (C=O) groups is 1. The van der Waals surface area contributed by atoms with Crippen molar-refractivity contribution in [3.63, 3.8) is 0 Å². The molecule has 1 aromatic rings. The molecule has 0 aliphatic carbocycles. The minimum Gasteiger partial charge on any atom is -0.459 e. The van der Waals surface area contributed by atoms with Crippen LogP contribution in [0.4, 0.5) is 0 Å². The lowest BCUT2D eigenvalue weighted by Crippen LogP contribution is -2.38.